The Morgan fingerprint density at radius 2 is 1.65 bits per heavy atom. The van der Waals surface area contributed by atoms with Crippen molar-refractivity contribution in [1.82, 2.24) is 30.0 Å². The summed E-state index contributed by atoms with van der Waals surface area (Å²) in [5, 5.41) is 9.27. The van der Waals surface area contributed by atoms with Gasteiger partial charge in [-0.25, -0.2) is 4.98 Å². The van der Waals surface area contributed by atoms with Crippen molar-refractivity contribution in [2.24, 2.45) is 0 Å². The second-order valence-electron chi connectivity index (χ2n) is 15.5. The monoisotopic (exact) mass is 901 g/mol. The summed E-state index contributed by atoms with van der Waals surface area (Å²) in [6, 6.07) is 17.6. The van der Waals surface area contributed by atoms with Gasteiger partial charge >= 0.3 is 7.60 Å². The van der Waals surface area contributed by atoms with Gasteiger partial charge in [0.25, 0.3) is 11.8 Å². The summed E-state index contributed by atoms with van der Waals surface area (Å²) in [4.78, 5) is 67.7. The molecule has 1 atom stereocenters. The highest BCUT2D eigenvalue weighted by atomic mass is 35.5. The van der Waals surface area contributed by atoms with Gasteiger partial charge in [-0.15, -0.1) is 0 Å². The smallest absolute Gasteiger partial charge is 0.362 e. The number of imide groups is 1. The summed E-state index contributed by atoms with van der Waals surface area (Å²) in [6.07, 6.45) is 3.85. The average molecular weight is 902 g/mol. The Morgan fingerprint density at radius 3 is 2.38 bits per heavy atom. The van der Waals surface area contributed by atoms with Crippen LogP contribution in [-0.2, 0) is 34.5 Å². The zero-order chi connectivity index (χ0) is 44.3. The van der Waals surface area contributed by atoms with E-state index < -0.39 is 19.5 Å². The van der Waals surface area contributed by atoms with Crippen LogP contribution < -0.4 is 35.6 Å². The van der Waals surface area contributed by atoms with Crippen molar-refractivity contribution in [3.05, 3.63) is 83.0 Å². The van der Waals surface area contributed by atoms with E-state index in [0.29, 0.717) is 58.4 Å². The first-order chi connectivity index (χ1) is 30.5. The highest BCUT2D eigenvalue weighted by Gasteiger charge is 2.40. The van der Waals surface area contributed by atoms with Crippen LogP contribution in [0.15, 0.2) is 66.9 Å². The van der Waals surface area contributed by atoms with Gasteiger partial charge in [-0.3, -0.25) is 34.0 Å². The van der Waals surface area contributed by atoms with E-state index in [1.54, 1.807) is 49.6 Å². The number of hydrogen-bond donors (Lipinski definition) is 3. The van der Waals surface area contributed by atoms with E-state index >= 15 is 0 Å². The quantitative estimate of drug-likeness (QED) is 0.116. The molecule has 0 radical (unpaired) electrons. The molecule has 18 nitrogen and oxygen atoms in total. The van der Waals surface area contributed by atoms with E-state index in [0.717, 1.165) is 44.7 Å². The lowest BCUT2D eigenvalue weighted by atomic mass is 10.0. The molecule has 4 amide bonds. The summed E-state index contributed by atoms with van der Waals surface area (Å²) in [7, 11) is 0.677. The number of carbonyl (C=O) groups excluding carboxylic acids is 4. The SMILES string of the molecule is COc1cc(N2CCC(N3CCN(C(=O)COc4cccc5c4CN(C4CCC(=O)NC4=O)C5=O)CC3)CC2)ccc1Nc1ncc(Cl)c(Nc2ccccc2P(=O)(OC)OC)n1. The highest BCUT2D eigenvalue weighted by molar-refractivity contribution is 7.62. The number of hydrogen-bond acceptors (Lipinski definition) is 15. The van der Waals surface area contributed by atoms with Gasteiger partial charge in [0.1, 0.15) is 22.6 Å². The van der Waals surface area contributed by atoms with Crippen LogP contribution in [0.1, 0.15) is 41.6 Å². The fourth-order valence-corrected chi connectivity index (χ4v) is 9.96. The van der Waals surface area contributed by atoms with Crippen LogP contribution in [0.4, 0.5) is 28.8 Å². The molecule has 332 valence electrons. The van der Waals surface area contributed by atoms with Crippen LogP contribution >= 0.6 is 19.2 Å². The van der Waals surface area contributed by atoms with E-state index in [4.69, 9.17) is 30.1 Å². The fraction of sp³-hybridized carbons (Fsp3) is 0.395. The van der Waals surface area contributed by atoms with Crippen LogP contribution in [-0.4, -0.2) is 128 Å². The Labute approximate surface area is 369 Å². The standard InChI is InChI=1S/C43H49ClN9O9P/c1-59-36-23-28(11-12-32(36)47-43-45-24-31(44)40(49-43)46-33-8-4-5-10-37(33)63(58,60-2)61-3)50-17-15-27(16-18-50)51-19-21-52(22-20-51)39(55)26-62-35-9-6-7-29-30(35)25-53(42(29)57)34-13-14-38(54)48-41(34)56/h4-12,23-24,27,34H,13-22,25-26H2,1-3H3,(H,48,54,56)(H2,45,46,47,49). The number of ether oxygens (including phenoxy) is 2. The minimum atomic E-state index is -3.58. The van der Waals surface area contributed by atoms with E-state index in [9.17, 15) is 23.7 Å². The molecule has 0 aliphatic carbocycles. The van der Waals surface area contributed by atoms with Gasteiger partial charge < -0.3 is 43.9 Å². The lowest BCUT2D eigenvalue weighted by Crippen LogP contribution is -2.55. The number of fused-ring (bicyclic) bond motifs is 1. The van der Waals surface area contributed by atoms with Crippen molar-refractivity contribution in [3.8, 4) is 11.5 Å². The van der Waals surface area contributed by atoms with Crippen LogP contribution in [0.5, 0.6) is 11.5 Å². The van der Waals surface area contributed by atoms with Crippen molar-refractivity contribution in [1.29, 1.82) is 0 Å². The van der Waals surface area contributed by atoms with Crippen LogP contribution in [0, 0.1) is 0 Å². The number of methoxy groups -OCH3 is 1. The number of piperidine rings is 2. The number of aromatic nitrogens is 2. The highest BCUT2D eigenvalue weighted by Crippen LogP contribution is 2.47. The molecule has 3 aromatic carbocycles. The first-order valence-electron chi connectivity index (χ1n) is 20.7. The molecule has 0 saturated carbocycles. The summed E-state index contributed by atoms with van der Waals surface area (Å²) in [5.41, 5.74) is 3.22. The van der Waals surface area contributed by atoms with E-state index in [2.05, 4.69) is 35.7 Å². The lowest BCUT2D eigenvalue weighted by molar-refractivity contribution is -0.137. The molecule has 0 bridgehead atoms. The number of benzene rings is 3. The molecule has 63 heavy (non-hydrogen) atoms. The molecule has 0 spiro atoms. The summed E-state index contributed by atoms with van der Waals surface area (Å²) in [5.74, 6) is 0.380. The maximum atomic E-state index is 13.3. The van der Waals surface area contributed by atoms with Gasteiger partial charge in [0.05, 0.1) is 36.5 Å². The Morgan fingerprint density at radius 1 is 0.889 bits per heavy atom. The molecule has 4 aliphatic heterocycles. The predicted octanol–water partition coefficient (Wildman–Crippen LogP) is 4.69. The second-order valence-corrected chi connectivity index (χ2v) is 18.1. The minimum absolute atomic E-state index is 0.121. The molecule has 1 unspecified atom stereocenters. The Kier molecular flexibility index (Phi) is 13.2. The van der Waals surface area contributed by atoms with Crippen LogP contribution in [0.25, 0.3) is 0 Å². The van der Waals surface area contributed by atoms with Crippen molar-refractivity contribution >= 4 is 77.0 Å². The lowest BCUT2D eigenvalue weighted by Gasteiger charge is -2.43. The van der Waals surface area contributed by atoms with Gasteiger partial charge in [-0.1, -0.05) is 29.8 Å². The summed E-state index contributed by atoms with van der Waals surface area (Å²) in [6.45, 7) is 4.44. The van der Waals surface area contributed by atoms with Gasteiger partial charge in [-0.2, -0.15) is 4.98 Å². The first-order valence-corrected chi connectivity index (χ1v) is 22.6. The molecule has 3 saturated heterocycles. The van der Waals surface area contributed by atoms with E-state index in [-0.39, 0.29) is 60.5 Å². The third kappa shape index (κ3) is 9.31. The number of halogens is 1. The second kappa shape index (κ2) is 18.9. The molecule has 3 N–H and O–H groups in total. The third-order valence-electron chi connectivity index (χ3n) is 12.0. The topological polar surface area (TPSA) is 197 Å². The predicted molar refractivity (Wildman–Crippen MR) is 236 cm³/mol. The molecule has 4 aliphatic rings. The van der Waals surface area contributed by atoms with Crippen LogP contribution in [0.3, 0.4) is 0 Å². The Balaban J connectivity index is 0.816. The third-order valence-corrected chi connectivity index (χ3v) is 14.2. The van der Waals surface area contributed by atoms with Crippen molar-refractivity contribution in [2.75, 3.05) is 82.7 Å². The maximum Gasteiger partial charge on any atom is 0.362 e. The summed E-state index contributed by atoms with van der Waals surface area (Å²) >= 11 is 6.48. The van der Waals surface area contributed by atoms with E-state index in [1.165, 1.54) is 25.3 Å². The molecule has 3 fully saturated rings. The number of carbonyl (C=O) groups is 4. The molecular weight excluding hydrogens is 853 g/mol. The fourth-order valence-electron chi connectivity index (χ4n) is 8.58. The van der Waals surface area contributed by atoms with Crippen molar-refractivity contribution in [3.63, 3.8) is 0 Å². The molecule has 8 rings (SSSR count). The Hall–Kier alpha value is -5.78. The number of piperazine rings is 1. The number of nitrogens with zero attached hydrogens (tertiary/aromatic N) is 6. The zero-order valence-corrected chi connectivity index (χ0v) is 36.8. The van der Waals surface area contributed by atoms with Crippen molar-refractivity contribution < 1.29 is 42.3 Å². The number of para-hydroxylation sites is 1. The van der Waals surface area contributed by atoms with Gasteiger partial charge in [0.15, 0.2) is 12.4 Å². The normalized spacial score (nSPS) is 18.6. The number of anilines is 5. The maximum absolute atomic E-state index is 13.3. The molecule has 1 aromatic heterocycles. The van der Waals surface area contributed by atoms with Gasteiger partial charge in [0, 0.05) is 88.8 Å². The molecule has 5 heterocycles. The largest absolute Gasteiger partial charge is 0.494 e. The molecular formula is C43H49ClN9O9P. The minimum Gasteiger partial charge on any atom is -0.494 e. The molecule has 20 heteroatoms. The summed E-state index contributed by atoms with van der Waals surface area (Å²) < 4.78 is 35.4. The number of rotatable bonds is 14. The Bertz CT molecular complexity index is 2440. The average Bonchev–Trinajstić information content (AvgIpc) is 3.65. The van der Waals surface area contributed by atoms with Gasteiger partial charge in [0.2, 0.25) is 17.8 Å². The van der Waals surface area contributed by atoms with Gasteiger partial charge in [-0.05, 0) is 55.7 Å². The van der Waals surface area contributed by atoms with Crippen molar-refractivity contribution in [2.45, 2.75) is 44.3 Å². The number of nitrogens with one attached hydrogen (secondary N) is 3. The molecule has 4 aromatic rings. The van der Waals surface area contributed by atoms with E-state index in [1.807, 2.05) is 23.1 Å². The number of amides is 4. The first kappa shape index (κ1) is 43.9. The van der Waals surface area contributed by atoms with Crippen LogP contribution in [0.2, 0.25) is 5.02 Å². The zero-order valence-electron chi connectivity index (χ0n) is 35.2.